The van der Waals surface area contributed by atoms with Crippen LogP contribution in [0.25, 0.3) is 10.9 Å². The Morgan fingerprint density at radius 1 is 1.00 bits per heavy atom. The summed E-state index contributed by atoms with van der Waals surface area (Å²) in [4.78, 5) is 5.21. The van der Waals surface area contributed by atoms with E-state index in [2.05, 4.69) is 11.1 Å². The monoisotopic (exact) mass is 310 g/mol. The zero-order chi connectivity index (χ0) is 15.5. The number of nitriles is 1. The average Bonchev–Trinajstić information content (AvgIpc) is 2.97. The van der Waals surface area contributed by atoms with Crippen molar-refractivity contribution in [1.82, 2.24) is 4.98 Å². The number of hydrogen-bond acceptors (Lipinski definition) is 4. The third-order valence-electron chi connectivity index (χ3n) is 3.36. The molecule has 0 amide bonds. The Bertz CT molecular complexity index is 865. The Hall–Kier alpha value is -2.58. The van der Waals surface area contributed by atoms with Gasteiger partial charge in [-0.3, -0.25) is 0 Å². The van der Waals surface area contributed by atoms with Gasteiger partial charge in [0.1, 0.15) is 6.07 Å². The Morgan fingerprint density at radius 2 is 1.73 bits per heavy atom. The quantitative estimate of drug-likeness (QED) is 0.784. The number of nitrogens with one attached hydrogen (secondary N) is 1. The molecule has 1 N–H and O–H groups in total. The molecule has 0 fully saturated rings. The molecule has 0 saturated carbocycles. The van der Waals surface area contributed by atoms with E-state index >= 15 is 0 Å². The first kappa shape index (κ1) is 14.4. The van der Waals surface area contributed by atoms with Crippen LogP contribution >= 0.6 is 11.8 Å². The normalized spacial score (nSPS) is 10.4. The summed E-state index contributed by atoms with van der Waals surface area (Å²) in [7, 11) is 3.24. The lowest BCUT2D eigenvalue weighted by Gasteiger charge is -2.09. The number of rotatable bonds is 4. The second kappa shape index (κ2) is 6.04. The molecule has 0 saturated heterocycles. The summed E-state index contributed by atoms with van der Waals surface area (Å²) in [6.07, 6.45) is 1.73. The maximum absolute atomic E-state index is 9.12. The summed E-state index contributed by atoms with van der Waals surface area (Å²) < 4.78 is 10.6. The van der Waals surface area contributed by atoms with E-state index in [1.165, 1.54) is 0 Å². The fraction of sp³-hybridized carbons (Fsp3) is 0.118. The van der Waals surface area contributed by atoms with Gasteiger partial charge in [0.15, 0.2) is 11.5 Å². The van der Waals surface area contributed by atoms with Crippen LogP contribution in [0.5, 0.6) is 11.5 Å². The number of aromatic amines is 1. The minimum absolute atomic E-state index is 0.657. The van der Waals surface area contributed by atoms with Crippen molar-refractivity contribution in [2.24, 2.45) is 0 Å². The standard InChI is InChI=1S/C17H14N2O2S/c1-20-16-6-4-13(8-17(16)21-2)22-12-3-5-15-14(7-12)11(9-18)10-19-15/h3-8,10,19H,1-2H3. The van der Waals surface area contributed by atoms with Gasteiger partial charge >= 0.3 is 0 Å². The molecule has 3 aromatic rings. The van der Waals surface area contributed by atoms with E-state index in [1.54, 1.807) is 32.2 Å². The number of aromatic nitrogens is 1. The minimum Gasteiger partial charge on any atom is -0.493 e. The molecule has 1 aromatic heterocycles. The Morgan fingerprint density at radius 3 is 2.45 bits per heavy atom. The molecule has 0 bridgehead atoms. The number of hydrogen-bond donors (Lipinski definition) is 1. The summed E-state index contributed by atoms with van der Waals surface area (Å²) in [5, 5.41) is 10.1. The summed E-state index contributed by atoms with van der Waals surface area (Å²) in [6.45, 7) is 0. The third kappa shape index (κ3) is 2.61. The molecule has 0 atom stereocenters. The third-order valence-corrected chi connectivity index (χ3v) is 4.34. The smallest absolute Gasteiger partial charge is 0.161 e. The first-order valence-electron chi connectivity index (χ1n) is 6.66. The van der Waals surface area contributed by atoms with E-state index in [0.717, 1.165) is 20.7 Å². The predicted molar refractivity (Wildman–Crippen MR) is 86.7 cm³/mol. The Balaban J connectivity index is 1.94. The van der Waals surface area contributed by atoms with Gasteiger partial charge in [-0.1, -0.05) is 11.8 Å². The predicted octanol–water partition coefficient (Wildman–Crippen LogP) is 4.21. The Labute approximate surface area is 132 Å². The van der Waals surface area contributed by atoms with Gasteiger partial charge in [-0.25, -0.2) is 0 Å². The van der Waals surface area contributed by atoms with Crippen LogP contribution in [0.1, 0.15) is 5.56 Å². The highest BCUT2D eigenvalue weighted by atomic mass is 32.2. The van der Waals surface area contributed by atoms with E-state index in [-0.39, 0.29) is 0 Å². The van der Waals surface area contributed by atoms with E-state index in [0.29, 0.717) is 17.1 Å². The van der Waals surface area contributed by atoms with Crippen LogP contribution in [0.3, 0.4) is 0 Å². The second-order valence-electron chi connectivity index (χ2n) is 4.64. The zero-order valence-corrected chi connectivity index (χ0v) is 13.0. The van der Waals surface area contributed by atoms with Crippen LogP contribution in [0, 0.1) is 11.3 Å². The van der Waals surface area contributed by atoms with Crippen molar-refractivity contribution in [2.45, 2.75) is 9.79 Å². The zero-order valence-electron chi connectivity index (χ0n) is 12.2. The molecule has 0 radical (unpaired) electrons. The van der Waals surface area contributed by atoms with Crippen molar-refractivity contribution < 1.29 is 9.47 Å². The maximum atomic E-state index is 9.12. The molecule has 3 rings (SSSR count). The molecule has 1 heterocycles. The van der Waals surface area contributed by atoms with Gasteiger partial charge in [-0.05, 0) is 36.4 Å². The van der Waals surface area contributed by atoms with Crippen LogP contribution in [0.2, 0.25) is 0 Å². The maximum Gasteiger partial charge on any atom is 0.161 e. The van der Waals surface area contributed by atoms with Gasteiger partial charge in [0, 0.05) is 26.9 Å². The second-order valence-corrected chi connectivity index (χ2v) is 5.79. The highest BCUT2D eigenvalue weighted by Crippen LogP contribution is 2.36. The van der Waals surface area contributed by atoms with Crippen molar-refractivity contribution in [2.75, 3.05) is 14.2 Å². The molecule has 2 aromatic carbocycles. The van der Waals surface area contributed by atoms with Gasteiger partial charge in [0.2, 0.25) is 0 Å². The number of nitrogens with zero attached hydrogens (tertiary/aromatic N) is 1. The molecule has 0 spiro atoms. The highest BCUT2D eigenvalue weighted by Gasteiger charge is 2.08. The average molecular weight is 310 g/mol. The van der Waals surface area contributed by atoms with Crippen molar-refractivity contribution in [3.8, 4) is 17.6 Å². The number of fused-ring (bicyclic) bond motifs is 1. The van der Waals surface area contributed by atoms with Crippen LogP contribution in [0.15, 0.2) is 52.4 Å². The fourth-order valence-corrected chi connectivity index (χ4v) is 3.16. The van der Waals surface area contributed by atoms with Crippen molar-refractivity contribution in [1.29, 1.82) is 5.26 Å². The van der Waals surface area contributed by atoms with E-state index in [1.807, 2.05) is 36.4 Å². The highest BCUT2D eigenvalue weighted by molar-refractivity contribution is 7.99. The molecule has 0 aliphatic rings. The molecule has 0 aliphatic carbocycles. The van der Waals surface area contributed by atoms with E-state index < -0.39 is 0 Å². The molecule has 22 heavy (non-hydrogen) atoms. The summed E-state index contributed by atoms with van der Waals surface area (Å²) in [5.41, 5.74) is 1.62. The van der Waals surface area contributed by atoms with E-state index in [9.17, 15) is 0 Å². The molecule has 5 heteroatoms. The molecule has 0 aliphatic heterocycles. The number of methoxy groups -OCH3 is 2. The van der Waals surface area contributed by atoms with Gasteiger partial charge in [0.05, 0.1) is 19.8 Å². The number of H-pyrrole nitrogens is 1. The van der Waals surface area contributed by atoms with E-state index in [4.69, 9.17) is 14.7 Å². The number of ether oxygens (including phenoxy) is 2. The summed E-state index contributed by atoms with van der Waals surface area (Å²) in [6, 6.07) is 14.0. The first-order valence-corrected chi connectivity index (χ1v) is 7.48. The lowest BCUT2D eigenvalue weighted by atomic mass is 10.2. The Kier molecular flexibility index (Phi) is 3.94. The van der Waals surface area contributed by atoms with Crippen LogP contribution < -0.4 is 9.47 Å². The summed E-state index contributed by atoms with van der Waals surface area (Å²) in [5.74, 6) is 1.41. The first-order chi connectivity index (χ1) is 10.7. The topological polar surface area (TPSA) is 58.0 Å². The molecule has 4 nitrogen and oxygen atoms in total. The van der Waals surface area contributed by atoms with Crippen LogP contribution in [0.4, 0.5) is 0 Å². The van der Waals surface area contributed by atoms with Crippen molar-refractivity contribution in [3.63, 3.8) is 0 Å². The lowest BCUT2D eigenvalue weighted by molar-refractivity contribution is 0.354. The van der Waals surface area contributed by atoms with Gasteiger partial charge in [-0.2, -0.15) is 5.26 Å². The van der Waals surface area contributed by atoms with Gasteiger partial charge in [-0.15, -0.1) is 0 Å². The lowest BCUT2D eigenvalue weighted by Crippen LogP contribution is -1.90. The minimum atomic E-state index is 0.657. The van der Waals surface area contributed by atoms with Crippen LogP contribution in [-0.2, 0) is 0 Å². The fourth-order valence-electron chi connectivity index (χ4n) is 2.27. The molecule has 0 unspecified atom stereocenters. The molecule has 110 valence electrons. The van der Waals surface area contributed by atoms with Crippen molar-refractivity contribution in [3.05, 3.63) is 48.2 Å². The van der Waals surface area contributed by atoms with Gasteiger partial charge in [0.25, 0.3) is 0 Å². The van der Waals surface area contributed by atoms with Crippen molar-refractivity contribution >= 4 is 22.7 Å². The summed E-state index contributed by atoms with van der Waals surface area (Å²) >= 11 is 1.61. The number of benzene rings is 2. The van der Waals surface area contributed by atoms with Crippen LogP contribution in [-0.4, -0.2) is 19.2 Å². The molecular weight excluding hydrogens is 296 g/mol. The molecular formula is C17H14N2O2S. The van der Waals surface area contributed by atoms with Gasteiger partial charge < -0.3 is 14.5 Å². The SMILES string of the molecule is COc1ccc(Sc2ccc3[nH]cc(C#N)c3c2)cc1OC. The largest absolute Gasteiger partial charge is 0.493 e.